The second kappa shape index (κ2) is 12.7. The molecular weight excluding hydrogens is 467 g/mol. The van der Waals surface area contributed by atoms with Gasteiger partial charge in [0.25, 0.3) is 0 Å². The Morgan fingerprint density at radius 3 is 2.62 bits per heavy atom. The zero-order valence-corrected chi connectivity index (χ0v) is 20.2. The number of likely N-dealkylation sites (N-methyl/N-ethyl adjacent to an activating group) is 1. The Kier molecular flexibility index (Phi) is 10.2. The van der Waals surface area contributed by atoms with Gasteiger partial charge in [-0.3, -0.25) is 14.8 Å². The van der Waals surface area contributed by atoms with E-state index >= 15 is 0 Å². The van der Waals surface area contributed by atoms with Gasteiger partial charge in [0.2, 0.25) is 12.3 Å². The van der Waals surface area contributed by atoms with Crippen molar-refractivity contribution in [3.05, 3.63) is 69.3 Å². The molecule has 10 heteroatoms. The largest absolute Gasteiger partial charge is 0.416 e. The number of nitrogens with zero attached hydrogens (tertiary/aromatic N) is 1. The van der Waals surface area contributed by atoms with Gasteiger partial charge in [-0.15, -0.1) is 11.8 Å². The maximum Gasteiger partial charge on any atom is 0.416 e. The van der Waals surface area contributed by atoms with E-state index < -0.39 is 11.7 Å². The summed E-state index contributed by atoms with van der Waals surface area (Å²) in [7, 11) is 0. The molecule has 1 fully saturated rings. The lowest BCUT2D eigenvalue weighted by molar-refractivity contribution is -0.137. The van der Waals surface area contributed by atoms with Gasteiger partial charge in [-0.1, -0.05) is 25.1 Å². The Morgan fingerprint density at radius 1 is 1.32 bits per heavy atom. The number of carbonyl (C=O) groups excluding carboxylic acids is 2. The molecule has 6 nitrogen and oxygen atoms in total. The summed E-state index contributed by atoms with van der Waals surface area (Å²) < 4.78 is 38.7. The Bertz CT molecular complexity index is 974. The van der Waals surface area contributed by atoms with Gasteiger partial charge in [-0.05, 0) is 56.0 Å². The molecule has 1 aliphatic heterocycles. The number of benzene rings is 1. The summed E-state index contributed by atoms with van der Waals surface area (Å²) >= 11 is 1.87. The van der Waals surface area contributed by atoms with E-state index in [0.29, 0.717) is 22.8 Å². The predicted octanol–water partition coefficient (Wildman–Crippen LogP) is 4.78. The Morgan fingerprint density at radius 2 is 2.03 bits per heavy atom. The van der Waals surface area contributed by atoms with Crippen LogP contribution in [0.15, 0.2) is 58.2 Å². The van der Waals surface area contributed by atoms with E-state index in [1.165, 1.54) is 22.1 Å². The molecule has 0 radical (unpaired) electrons. The number of hydroxylamine groups is 1. The van der Waals surface area contributed by atoms with Crippen molar-refractivity contribution in [2.24, 2.45) is 0 Å². The highest BCUT2D eigenvalue weighted by Gasteiger charge is 2.31. The first-order valence-corrected chi connectivity index (χ1v) is 11.8. The summed E-state index contributed by atoms with van der Waals surface area (Å²) in [5.41, 5.74) is 3.83. The van der Waals surface area contributed by atoms with Crippen LogP contribution in [0.1, 0.15) is 44.7 Å². The molecule has 0 aromatic heterocycles. The third-order valence-corrected chi connectivity index (χ3v) is 7.02. The number of halogens is 3. The van der Waals surface area contributed by atoms with Gasteiger partial charge in [0, 0.05) is 41.1 Å². The molecule has 1 aliphatic carbocycles. The van der Waals surface area contributed by atoms with Crippen molar-refractivity contribution in [2.75, 3.05) is 13.1 Å². The number of rotatable bonds is 6. The number of nitrogens with one attached hydrogen (secondary N) is 2. The van der Waals surface area contributed by atoms with Crippen LogP contribution in [0.3, 0.4) is 0 Å². The van der Waals surface area contributed by atoms with Crippen LogP contribution in [-0.2, 0) is 22.3 Å². The quantitative estimate of drug-likeness (QED) is 0.300. The Hall–Kier alpha value is -2.72. The maximum absolute atomic E-state index is 12.9. The van der Waals surface area contributed by atoms with Crippen LogP contribution < -0.4 is 10.8 Å². The molecule has 1 heterocycles. The monoisotopic (exact) mass is 497 g/mol. The average molecular weight is 498 g/mol. The van der Waals surface area contributed by atoms with E-state index in [4.69, 9.17) is 10.0 Å². The first-order chi connectivity index (χ1) is 16.1. The summed E-state index contributed by atoms with van der Waals surface area (Å²) in [5.74, 6) is -0.247. The first kappa shape index (κ1) is 27.5. The van der Waals surface area contributed by atoms with Gasteiger partial charge in [-0.2, -0.15) is 13.2 Å². The van der Waals surface area contributed by atoms with Crippen LogP contribution in [-0.4, -0.2) is 40.8 Å². The fraction of sp³-hybridized carbons (Fsp3) is 0.417. The number of allylic oxidation sites excluding steroid dienone is 3. The number of hydrogen-bond donors (Lipinski definition) is 3. The third kappa shape index (κ3) is 7.39. The van der Waals surface area contributed by atoms with E-state index in [-0.39, 0.29) is 18.9 Å². The third-order valence-electron chi connectivity index (χ3n) is 5.43. The van der Waals surface area contributed by atoms with Crippen molar-refractivity contribution in [1.29, 1.82) is 0 Å². The summed E-state index contributed by atoms with van der Waals surface area (Å²) in [5, 5.41) is 10.6. The molecule has 34 heavy (non-hydrogen) atoms. The molecule has 1 saturated heterocycles. The predicted molar refractivity (Wildman–Crippen MR) is 127 cm³/mol. The molecule has 3 N–H and O–H groups in total. The van der Waals surface area contributed by atoms with E-state index in [9.17, 15) is 18.0 Å². The number of thioether (sulfide) groups is 1. The van der Waals surface area contributed by atoms with E-state index in [2.05, 4.69) is 30.1 Å². The highest BCUT2D eigenvalue weighted by molar-refractivity contribution is 8.04. The highest BCUT2D eigenvalue weighted by atomic mass is 32.2. The number of hydrogen-bond acceptors (Lipinski definition) is 5. The molecule has 2 amide bonds. The van der Waals surface area contributed by atoms with Crippen LogP contribution >= 0.6 is 11.8 Å². The minimum absolute atomic E-state index is 0.0556. The van der Waals surface area contributed by atoms with Gasteiger partial charge < -0.3 is 10.2 Å². The lowest BCUT2D eigenvalue weighted by Crippen LogP contribution is -2.35. The maximum atomic E-state index is 12.9. The number of alkyl halides is 3. The smallest absolute Gasteiger partial charge is 0.370 e. The second-order valence-corrected chi connectivity index (χ2v) is 9.10. The molecule has 0 spiro atoms. The molecule has 3 rings (SSSR count). The van der Waals surface area contributed by atoms with Crippen LogP contribution in [0.4, 0.5) is 13.2 Å². The van der Waals surface area contributed by atoms with Crippen LogP contribution in [0.5, 0.6) is 0 Å². The van der Waals surface area contributed by atoms with Crippen molar-refractivity contribution >= 4 is 24.1 Å². The molecule has 1 aromatic carbocycles. The fourth-order valence-corrected chi connectivity index (χ4v) is 5.02. The van der Waals surface area contributed by atoms with Gasteiger partial charge in [0.15, 0.2) is 0 Å². The normalized spacial score (nSPS) is 18.0. The minimum atomic E-state index is -4.39. The fourth-order valence-electron chi connectivity index (χ4n) is 3.68. The summed E-state index contributed by atoms with van der Waals surface area (Å²) in [6, 6.07) is 5.05. The second-order valence-electron chi connectivity index (χ2n) is 7.79. The first-order valence-electron chi connectivity index (χ1n) is 11.0. The number of carbonyl (C=O) groups is 2. The molecular formula is C24H30F3N3O3S. The summed E-state index contributed by atoms with van der Waals surface area (Å²) in [4.78, 5) is 25.1. The van der Waals surface area contributed by atoms with Gasteiger partial charge in [-0.25, -0.2) is 5.48 Å². The molecule has 2 aliphatic rings. The number of amides is 2. The van der Waals surface area contributed by atoms with Crippen LogP contribution in [0, 0.1) is 0 Å². The molecule has 186 valence electrons. The lowest BCUT2D eigenvalue weighted by Gasteiger charge is -2.37. The van der Waals surface area contributed by atoms with Gasteiger partial charge in [0.05, 0.1) is 5.56 Å². The summed E-state index contributed by atoms with van der Waals surface area (Å²) in [6.07, 6.45) is 1.38. The van der Waals surface area contributed by atoms with Crippen molar-refractivity contribution in [2.45, 2.75) is 51.6 Å². The zero-order valence-electron chi connectivity index (χ0n) is 19.4. The van der Waals surface area contributed by atoms with E-state index in [1.54, 1.807) is 6.07 Å². The van der Waals surface area contributed by atoms with Crippen molar-refractivity contribution in [3.8, 4) is 0 Å². The van der Waals surface area contributed by atoms with E-state index in [0.717, 1.165) is 37.2 Å². The van der Waals surface area contributed by atoms with Crippen molar-refractivity contribution in [3.63, 3.8) is 0 Å². The lowest BCUT2D eigenvalue weighted by atomic mass is 10.1. The standard InChI is InChI=1S/C23H27F3N2OS.CH3NO2/c1-4-19-14-28(5-2)20-10-9-17(11-15(3)21(20)30-19)22(29)27-13-16-7-6-8-18(12-16)23(24,25)26;3-1-2-4/h6-8,10-12,19H,4-5,9,13-14H2,1-3H3,(H,27,29);1,4H,(H,2,3). The Labute approximate surface area is 201 Å². The SMILES string of the molecule is CCC1CN(CC)C2=CCC(C(=O)NCc3cccc(C(F)(F)F)c3)=CC(C)=C2S1.O=CNO. The molecule has 1 aromatic rings. The van der Waals surface area contributed by atoms with E-state index in [1.807, 2.05) is 24.8 Å². The van der Waals surface area contributed by atoms with Gasteiger partial charge in [0.1, 0.15) is 0 Å². The van der Waals surface area contributed by atoms with Crippen molar-refractivity contribution in [1.82, 2.24) is 15.7 Å². The van der Waals surface area contributed by atoms with Crippen LogP contribution in [0.2, 0.25) is 0 Å². The summed E-state index contributed by atoms with van der Waals surface area (Å²) in [6.45, 7) is 8.31. The highest BCUT2D eigenvalue weighted by Crippen LogP contribution is 2.41. The topological polar surface area (TPSA) is 81.7 Å². The van der Waals surface area contributed by atoms with Crippen molar-refractivity contribution < 1.29 is 28.0 Å². The van der Waals surface area contributed by atoms with Gasteiger partial charge >= 0.3 is 6.18 Å². The van der Waals surface area contributed by atoms with Crippen LogP contribution in [0.25, 0.3) is 0 Å². The zero-order chi connectivity index (χ0) is 25.3. The number of fused-ring (bicyclic) bond motifs is 1. The minimum Gasteiger partial charge on any atom is -0.370 e. The molecule has 0 saturated carbocycles. The Balaban J connectivity index is 0.000000945. The molecule has 0 bridgehead atoms. The molecule has 1 atom stereocenters. The average Bonchev–Trinajstić information content (AvgIpc) is 3.00. The molecule has 1 unspecified atom stereocenters.